The summed E-state index contributed by atoms with van der Waals surface area (Å²) in [4.78, 5) is 31.4. The summed E-state index contributed by atoms with van der Waals surface area (Å²) in [7, 11) is 0. The lowest BCUT2D eigenvalue weighted by atomic mass is 10.1. The number of nitrogens with one attached hydrogen (secondary N) is 4. The molecule has 0 atom stereocenters. The first kappa shape index (κ1) is 20.4. The standard InChI is InChI=1S/C26H26N8/c1(3-5-23-31-19-9-7-17(15-21(19)33-23)25-27-11-12-28-25)2-4-6-24-32-20-10-8-18(16-22(20)34-24)26-29-13-14-30-26/h7-16H,1-6H2,(H,27,28)(H,29,30)(H,31,33)(H,32,34). The van der Waals surface area contributed by atoms with E-state index in [0.717, 1.165) is 82.2 Å². The summed E-state index contributed by atoms with van der Waals surface area (Å²) in [5.41, 5.74) is 6.24. The lowest BCUT2D eigenvalue weighted by Crippen LogP contribution is -1.91. The molecule has 6 aromatic rings. The number of nitrogens with zero attached hydrogens (tertiary/aromatic N) is 4. The van der Waals surface area contributed by atoms with E-state index in [1.54, 1.807) is 12.4 Å². The van der Waals surface area contributed by atoms with Gasteiger partial charge in [0, 0.05) is 48.8 Å². The van der Waals surface area contributed by atoms with E-state index in [4.69, 9.17) is 9.97 Å². The molecule has 0 bridgehead atoms. The Morgan fingerprint density at radius 2 is 1.09 bits per heavy atom. The van der Waals surface area contributed by atoms with Crippen molar-refractivity contribution in [2.24, 2.45) is 0 Å². The molecular weight excluding hydrogens is 424 g/mol. The van der Waals surface area contributed by atoms with Crippen molar-refractivity contribution in [3.05, 3.63) is 72.8 Å². The quantitative estimate of drug-likeness (QED) is 0.216. The molecule has 0 fully saturated rings. The van der Waals surface area contributed by atoms with Crippen molar-refractivity contribution in [2.45, 2.75) is 38.5 Å². The number of aromatic nitrogens is 8. The summed E-state index contributed by atoms with van der Waals surface area (Å²) in [6.45, 7) is 0. The number of unbranched alkanes of at least 4 members (excludes halogenated alkanes) is 3. The fraction of sp³-hybridized carbons (Fsp3) is 0.231. The van der Waals surface area contributed by atoms with Gasteiger partial charge in [0.2, 0.25) is 0 Å². The van der Waals surface area contributed by atoms with Gasteiger partial charge in [0.15, 0.2) is 0 Å². The SMILES string of the molecule is c1c[nH]c(-c2ccc3[nH]c(CCCCCCc4nc5cc(-c6ncc[nH]6)ccc5[nH]4)nc3c2)n1. The van der Waals surface area contributed by atoms with Crippen molar-refractivity contribution in [1.82, 2.24) is 39.9 Å². The number of hydrogen-bond donors (Lipinski definition) is 4. The van der Waals surface area contributed by atoms with Crippen LogP contribution in [0.4, 0.5) is 0 Å². The summed E-state index contributed by atoms with van der Waals surface area (Å²) < 4.78 is 0. The number of fused-ring (bicyclic) bond motifs is 2. The molecule has 170 valence electrons. The Hall–Kier alpha value is -4.20. The number of aromatic amines is 4. The molecule has 0 amide bonds. The molecule has 0 aliphatic carbocycles. The summed E-state index contributed by atoms with van der Waals surface area (Å²) >= 11 is 0. The number of imidazole rings is 4. The molecule has 0 radical (unpaired) electrons. The number of benzene rings is 2. The molecule has 4 heterocycles. The number of H-pyrrole nitrogens is 4. The van der Waals surface area contributed by atoms with Crippen molar-refractivity contribution >= 4 is 22.1 Å². The third kappa shape index (κ3) is 4.22. The molecule has 0 saturated carbocycles. The van der Waals surface area contributed by atoms with Crippen LogP contribution in [-0.2, 0) is 12.8 Å². The van der Waals surface area contributed by atoms with Gasteiger partial charge in [0.1, 0.15) is 23.3 Å². The van der Waals surface area contributed by atoms with Crippen LogP contribution in [0.15, 0.2) is 61.2 Å². The molecule has 34 heavy (non-hydrogen) atoms. The van der Waals surface area contributed by atoms with Crippen LogP contribution in [0, 0.1) is 0 Å². The average Bonchev–Trinajstić information content (AvgIpc) is 3.66. The number of rotatable bonds is 9. The molecule has 0 spiro atoms. The first-order valence-corrected chi connectivity index (χ1v) is 11.8. The molecule has 0 aliphatic heterocycles. The lowest BCUT2D eigenvalue weighted by molar-refractivity contribution is 0.625. The van der Waals surface area contributed by atoms with Crippen LogP contribution in [0.25, 0.3) is 44.8 Å². The van der Waals surface area contributed by atoms with E-state index >= 15 is 0 Å². The van der Waals surface area contributed by atoms with Crippen molar-refractivity contribution in [2.75, 3.05) is 0 Å². The van der Waals surface area contributed by atoms with Crippen LogP contribution in [-0.4, -0.2) is 39.9 Å². The Labute approximate surface area is 196 Å². The van der Waals surface area contributed by atoms with E-state index in [9.17, 15) is 0 Å². The summed E-state index contributed by atoms with van der Waals surface area (Å²) in [6, 6.07) is 12.5. The van der Waals surface area contributed by atoms with Gasteiger partial charge in [-0.1, -0.05) is 12.8 Å². The van der Waals surface area contributed by atoms with Gasteiger partial charge in [-0.05, 0) is 49.2 Å². The maximum Gasteiger partial charge on any atom is 0.137 e. The minimum atomic E-state index is 0.869. The Balaban J connectivity index is 0.989. The maximum absolute atomic E-state index is 4.78. The molecule has 4 N–H and O–H groups in total. The van der Waals surface area contributed by atoms with Gasteiger partial charge >= 0.3 is 0 Å². The minimum absolute atomic E-state index is 0.869. The van der Waals surface area contributed by atoms with Gasteiger partial charge in [-0.2, -0.15) is 0 Å². The molecule has 8 nitrogen and oxygen atoms in total. The average molecular weight is 451 g/mol. The van der Waals surface area contributed by atoms with Gasteiger partial charge in [-0.15, -0.1) is 0 Å². The zero-order chi connectivity index (χ0) is 22.7. The van der Waals surface area contributed by atoms with Gasteiger partial charge in [0.05, 0.1) is 22.1 Å². The molecule has 8 heteroatoms. The van der Waals surface area contributed by atoms with Gasteiger partial charge in [0.25, 0.3) is 0 Å². The van der Waals surface area contributed by atoms with E-state index in [1.807, 2.05) is 12.4 Å². The van der Waals surface area contributed by atoms with Gasteiger partial charge in [-0.3, -0.25) is 0 Å². The van der Waals surface area contributed by atoms with Crippen LogP contribution in [0.5, 0.6) is 0 Å². The fourth-order valence-electron chi connectivity index (χ4n) is 4.43. The second-order valence-electron chi connectivity index (χ2n) is 8.62. The molecule has 4 aromatic heterocycles. The van der Waals surface area contributed by atoms with E-state index in [-0.39, 0.29) is 0 Å². The van der Waals surface area contributed by atoms with Crippen LogP contribution < -0.4 is 0 Å². The first-order valence-electron chi connectivity index (χ1n) is 11.8. The molecule has 6 rings (SSSR count). The highest BCUT2D eigenvalue weighted by Crippen LogP contribution is 2.22. The van der Waals surface area contributed by atoms with Crippen LogP contribution in [0.1, 0.15) is 37.3 Å². The van der Waals surface area contributed by atoms with E-state index < -0.39 is 0 Å². The van der Waals surface area contributed by atoms with Gasteiger partial charge < -0.3 is 19.9 Å². The van der Waals surface area contributed by atoms with Crippen molar-refractivity contribution < 1.29 is 0 Å². The Morgan fingerprint density at radius 1 is 0.588 bits per heavy atom. The summed E-state index contributed by atoms with van der Waals surface area (Å²) in [5, 5.41) is 0. The fourth-order valence-corrected chi connectivity index (χ4v) is 4.43. The highest BCUT2D eigenvalue weighted by atomic mass is 14.9. The molecule has 2 aromatic carbocycles. The third-order valence-electron chi connectivity index (χ3n) is 6.18. The topological polar surface area (TPSA) is 115 Å². The minimum Gasteiger partial charge on any atom is -0.345 e. The first-order chi connectivity index (χ1) is 16.8. The Morgan fingerprint density at radius 3 is 1.53 bits per heavy atom. The van der Waals surface area contributed by atoms with Crippen LogP contribution in [0.2, 0.25) is 0 Å². The predicted octanol–water partition coefficient (Wildman–Crippen LogP) is 5.57. The summed E-state index contributed by atoms with van der Waals surface area (Å²) in [5.74, 6) is 3.84. The molecule has 0 unspecified atom stereocenters. The molecule has 0 aliphatic rings. The Bertz CT molecular complexity index is 1390. The second-order valence-corrected chi connectivity index (χ2v) is 8.62. The zero-order valence-electron chi connectivity index (χ0n) is 18.8. The molecular formula is C26H26N8. The highest BCUT2D eigenvalue weighted by Gasteiger charge is 2.08. The molecule has 0 saturated heterocycles. The number of hydrogen-bond acceptors (Lipinski definition) is 4. The predicted molar refractivity (Wildman–Crippen MR) is 133 cm³/mol. The van der Waals surface area contributed by atoms with E-state index in [1.165, 1.54) is 12.8 Å². The van der Waals surface area contributed by atoms with E-state index in [2.05, 4.69) is 66.3 Å². The second kappa shape index (κ2) is 8.97. The van der Waals surface area contributed by atoms with Crippen molar-refractivity contribution in [3.63, 3.8) is 0 Å². The zero-order valence-corrected chi connectivity index (χ0v) is 18.8. The number of aryl methyl sites for hydroxylation is 2. The highest BCUT2D eigenvalue weighted by molar-refractivity contribution is 5.81. The third-order valence-corrected chi connectivity index (χ3v) is 6.18. The van der Waals surface area contributed by atoms with Crippen LogP contribution >= 0.6 is 0 Å². The maximum atomic E-state index is 4.78. The summed E-state index contributed by atoms with van der Waals surface area (Å²) in [6.07, 6.45) is 13.7. The smallest absolute Gasteiger partial charge is 0.137 e. The van der Waals surface area contributed by atoms with Crippen LogP contribution in [0.3, 0.4) is 0 Å². The monoisotopic (exact) mass is 450 g/mol. The van der Waals surface area contributed by atoms with Crippen molar-refractivity contribution in [1.29, 1.82) is 0 Å². The van der Waals surface area contributed by atoms with E-state index in [0.29, 0.717) is 0 Å². The van der Waals surface area contributed by atoms with Gasteiger partial charge in [-0.25, -0.2) is 19.9 Å². The largest absolute Gasteiger partial charge is 0.345 e. The lowest BCUT2D eigenvalue weighted by Gasteiger charge is -1.99. The normalized spacial score (nSPS) is 11.6. The Kier molecular flexibility index (Phi) is 5.39. The van der Waals surface area contributed by atoms with Crippen molar-refractivity contribution in [3.8, 4) is 22.8 Å².